The highest BCUT2D eigenvalue weighted by molar-refractivity contribution is 5.70. The van der Waals surface area contributed by atoms with Crippen molar-refractivity contribution in [1.29, 1.82) is 0 Å². The summed E-state index contributed by atoms with van der Waals surface area (Å²) in [7, 11) is 0. The fraction of sp³-hybridized carbons (Fsp3) is 0.364. The first-order chi connectivity index (χ1) is 7.67. The first-order valence-electron chi connectivity index (χ1n) is 5.02. The monoisotopic (exact) mass is 222 g/mol. The molecular weight excluding hydrogens is 208 g/mol. The summed E-state index contributed by atoms with van der Waals surface area (Å²) in [6.07, 6.45) is 0.0934. The molecule has 5 nitrogen and oxygen atoms in total. The molecule has 2 N–H and O–H groups in total. The molecule has 0 saturated carbocycles. The van der Waals surface area contributed by atoms with Crippen LogP contribution in [0.2, 0.25) is 0 Å². The number of nitrogens with zero attached hydrogens (tertiary/aromatic N) is 1. The second kappa shape index (κ2) is 5.97. The maximum Gasteiger partial charge on any atom is 0.307 e. The molecule has 0 spiro atoms. The Kier molecular flexibility index (Phi) is 4.60. The van der Waals surface area contributed by atoms with Crippen molar-refractivity contribution in [3.63, 3.8) is 0 Å². The third kappa shape index (κ3) is 3.43. The molecule has 0 saturated heterocycles. The fourth-order valence-electron chi connectivity index (χ4n) is 1.33. The molecule has 5 heteroatoms. The maximum atomic E-state index is 11.2. The average Bonchev–Trinajstić information content (AvgIpc) is 2.29. The maximum absolute atomic E-state index is 11.2. The normalized spacial score (nSPS) is 11.9. The summed E-state index contributed by atoms with van der Waals surface area (Å²) in [4.78, 5) is 21.5. The summed E-state index contributed by atoms with van der Waals surface area (Å²) in [5, 5.41) is 2.81. The van der Waals surface area contributed by atoms with E-state index in [1.807, 2.05) is 0 Å². The van der Waals surface area contributed by atoms with Gasteiger partial charge in [-0.2, -0.15) is 0 Å². The van der Waals surface area contributed by atoms with Gasteiger partial charge in [-0.1, -0.05) is 12.1 Å². The van der Waals surface area contributed by atoms with Gasteiger partial charge in [0, 0.05) is 6.04 Å². The summed E-state index contributed by atoms with van der Waals surface area (Å²) in [5.74, 6) is -0.348. The molecule has 1 aromatic rings. The second-order valence-electron chi connectivity index (χ2n) is 3.30. The van der Waals surface area contributed by atoms with Crippen molar-refractivity contribution >= 4 is 11.7 Å². The number of rotatable bonds is 5. The minimum Gasteiger partial charge on any atom is -0.466 e. The molecule has 1 aromatic carbocycles. The van der Waals surface area contributed by atoms with Crippen LogP contribution in [0.15, 0.2) is 29.4 Å². The molecule has 0 radical (unpaired) electrons. The average molecular weight is 222 g/mol. The van der Waals surface area contributed by atoms with Crippen molar-refractivity contribution in [3.05, 3.63) is 34.7 Å². The number of carbonyl (C=O) groups excluding carboxylic acids is 1. The molecule has 0 heterocycles. The number of hydrogen-bond acceptors (Lipinski definition) is 5. The van der Waals surface area contributed by atoms with E-state index in [4.69, 9.17) is 10.5 Å². The molecule has 86 valence electrons. The van der Waals surface area contributed by atoms with Gasteiger partial charge in [-0.25, -0.2) is 0 Å². The van der Waals surface area contributed by atoms with E-state index in [0.29, 0.717) is 17.9 Å². The Labute approximate surface area is 93.6 Å². The van der Waals surface area contributed by atoms with E-state index in [1.54, 1.807) is 31.2 Å². The van der Waals surface area contributed by atoms with Gasteiger partial charge < -0.3 is 10.5 Å². The first kappa shape index (κ1) is 12.3. The lowest BCUT2D eigenvalue weighted by Gasteiger charge is -2.11. The van der Waals surface area contributed by atoms with Crippen LogP contribution in [0.3, 0.4) is 0 Å². The molecule has 1 atom stereocenters. The van der Waals surface area contributed by atoms with Crippen molar-refractivity contribution in [2.24, 2.45) is 10.9 Å². The Bertz CT molecular complexity index is 379. The molecule has 0 unspecified atom stereocenters. The summed E-state index contributed by atoms with van der Waals surface area (Å²) < 4.78 is 4.79. The van der Waals surface area contributed by atoms with E-state index in [-0.39, 0.29) is 12.4 Å². The molecule has 0 aliphatic heterocycles. The Morgan fingerprint density at radius 3 is 2.94 bits per heavy atom. The fourth-order valence-corrected chi connectivity index (χ4v) is 1.33. The zero-order valence-electron chi connectivity index (χ0n) is 9.05. The molecule has 16 heavy (non-hydrogen) atoms. The Hall–Kier alpha value is -1.75. The molecule has 0 bridgehead atoms. The Balaban J connectivity index is 2.68. The van der Waals surface area contributed by atoms with Gasteiger partial charge >= 0.3 is 5.97 Å². The third-order valence-corrected chi connectivity index (χ3v) is 2.10. The number of ether oxygens (including phenoxy) is 1. The third-order valence-electron chi connectivity index (χ3n) is 2.10. The van der Waals surface area contributed by atoms with Crippen molar-refractivity contribution < 1.29 is 9.53 Å². The molecule has 0 aliphatic rings. The van der Waals surface area contributed by atoms with Crippen LogP contribution >= 0.6 is 0 Å². The largest absolute Gasteiger partial charge is 0.466 e. The molecule has 0 aliphatic carbocycles. The lowest BCUT2D eigenvalue weighted by Crippen LogP contribution is -2.17. The van der Waals surface area contributed by atoms with Gasteiger partial charge in [-0.05, 0) is 29.8 Å². The van der Waals surface area contributed by atoms with E-state index < -0.39 is 6.04 Å². The Morgan fingerprint density at radius 1 is 1.56 bits per heavy atom. The number of nitrogens with two attached hydrogens (primary N) is 1. The van der Waals surface area contributed by atoms with Gasteiger partial charge in [0.25, 0.3) is 0 Å². The topological polar surface area (TPSA) is 81.8 Å². The summed E-state index contributed by atoms with van der Waals surface area (Å²) in [6.45, 7) is 2.07. The highest BCUT2D eigenvalue weighted by Gasteiger charge is 2.12. The summed E-state index contributed by atoms with van der Waals surface area (Å²) in [6, 6.07) is 6.10. The lowest BCUT2D eigenvalue weighted by atomic mass is 10.0. The smallest absolute Gasteiger partial charge is 0.307 e. The minimum absolute atomic E-state index is 0.0934. The van der Waals surface area contributed by atoms with Crippen LogP contribution in [0.5, 0.6) is 0 Å². The quantitative estimate of drug-likeness (QED) is 0.610. The SMILES string of the molecule is CCOC(=O)C[C@H](N)c1cccc(N=O)c1. The zero-order valence-corrected chi connectivity index (χ0v) is 9.05. The highest BCUT2D eigenvalue weighted by Crippen LogP contribution is 2.20. The molecule has 0 amide bonds. The van der Waals surface area contributed by atoms with Gasteiger partial charge in [0.15, 0.2) is 0 Å². The molecular formula is C11H14N2O3. The van der Waals surface area contributed by atoms with Gasteiger partial charge in [-0.15, -0.1) is 4.91 Å². The second-order valence-corrected chi connectivity index (χ2v) is 3.30. The molecule has 0 fully saturated rings. The van der Waals surface area contributed by atoms with Gasteiger partial charge in [0.1, 0.15) is 5.69 Å². The number of nitroso groups, excluding NO2 is 1. The highest BCUT2D eigenvalue weighted by atomic mass is 16.5. The van der Waals surface area contributed by atoms with E-state index >= 15 is 0 Å². The van der Waals surface area contributed by atoms with E-state index in [0.717, 1.165) is 0 Å². The van der Waals surface area contributed by atoms with Gasteiger partial charge in [-0.3, -0.25) is 4.79 Å². The van der Waals surface area contributed by atoms with E-state index in [1.165, 1.54) is 0 Å². The van der Waals surface area contributed by atoms with Crippen LogP contribution in [0.25, 0.3) is 0 Å². The van der Waals surface area contributed by atoms with Crippen LogP contribution in [0.1, 0.15) is 24.9 Å². The zero-order chi connectivity index (χ0) is 12.0. The van der Waals surface area contributed by atoms with Crippen molar-refractivity contribution in [2.45, 2.75) is 19.4 Å². The van der Waals surface area contributed by atoms with Gasteiger partial charge in [0.2, 0.25) is 0 Å². The minimum atomic E-state index is -0.472. The number of carbonyl (C=O) groups is 1. The number of esters is 1. The lowest BCUT2D eigenvalue weighted by molar-refractivity contribution is -0.143. The molecule has 1 rings (SSSR count). The van der Waals surface area contributed by atoms with Crippen LogP contribution in [-0.4, -0.2) is 12.6 Å². The van der Waals surface area contributed by atoms with Crippen molar-refractivity contribution in [1.82, 2.24) is 0 Å². The predicted molar refractivity (Wildman–Crippen MR) is 60.1 cm³/mol. The van der Waals surface area contributed by atoms with E-state index in [9.17, 15) is 9.70 Å². The molecule has 0 aromatic heterocycles. The summed E-state index contributed by atoms with van der Waals surface area (Å²) >= 11 is 0. The predicted octanol–water partition coefficient (Wildman–Crippen LogP) is 2.04. The number of hydrogen-bond donors (Lipinski definition) is 1. The Morgan fingerprint density at radius 2 is 2.31 bits per heavy atom. The van der Waals surface area contributed by atoms with E-state index in [2.05, 4.69) is 5.18 Å². The van der Waals surface area contributed by atoms with Crippen LogP contribution in [0.4, 0.5) is 5.69 Å². The van der Waals surface area contributed by atoms with Crippen LogP contribution < -0.4 is 5.73 Å². The number of benzene rings is 1. The first-order valence-corrected chi connectivity index (χ1v) is 5.02. The van der Waals surface area contributed by atoms with Crippen molar-refractivity contribution in [2.75, 3.05) is 6.61 Å². The van der Waals surface area contributed by atoms with Crippen LogP contribution in [-0.2, 0) is 9.53 Å². The van der Waals surface area contributed by atoms with Gasteiger partial charge in [0.05, 0.1) is 13.0 Å². The standard InChI is InChI=1S/C11H14N2O3/c1-2-16-11(14)7-10(12)8-4-3-5-9(6-8)13-15/h3-6,10H,2,7,12H2,1H3/t10-/m0/s1. The van der Waals surface area contributed by atoms with Crippen LogP contribution in [0, 0.1) is 4.91 Å². The van der Waals surface area contributed by atoms with Crippen molar-refractivity contribution in [3.8, 4) is 0 Å². The summed E-state index contributed by atoms with van der Waals surface area (Å²) in [5.41, 5.74) is 6.81.